The number of halogens is 1. The Morgan fingerprint density at radius 3 is 2.62 bits per heavy atom. The molecule has 2 aromatic rings. The van der Waals surface area contributed by atoms with Crippen molar-refractivity contribution >= 4 is 19.5 Å². The predicted molar refractivity (Wildman–Crippen MR) is 111 cm³/mol. The number of hydrogen-bond acceptors (Lipinski definition) is 5. The molecule has 0 fully saturated rings. The molecule has 0 aliphatic carbocycles. The minimum absolute atomic E-state index is 0.0806. The van der Waals surface area contributed by atoms with E-state index in [2.05, 4.69) is 4.74 Å². The Bertz CT molecular complexity index is 910. The van der Waals surface area contributed by atoms with Gasteiger partial charge in [0, 0.05) is 0 Å². The molecule has 0 amide bonds. The van der Waals surface area contributed by atoms with Gasteiger partial charge in [0.05, 0.1) is 27.9 Å². The fourth-order valence-electron chi connectivity index (χ4n) is 3.04. The zero-order chi connectivity index (χ0) is 21.6. The summed E-state index contributed by atoms with van der Waals surface area (Å²) < 4.78 is 23.8. The predicted octanol–water partition coefficient (Wildman–Crippen LogP) is 3.38. The molecule has 0 aromatic heterocycles. The molecule has 2 atom stereocenters. The summed E-state index contributed by atoms with van der Waals surface area (Å²) in [4.78, 5) is 23.2. The van der Waals surface area contributed by atoms with E-state index in [1.54, 1.807) is 19.1 Å². The van der Waals surface area contributed by atoms with Crippen LogP contribution in [-0.2, 0) is 20.9 Å². The fraction of sp³-hybridized carbons (Fsp3) is 0.364. The zero-order valence-electron chi connectivity index (χ0n) is 17.1. The minimum atomic E-state index is -1.95. The van der Waals surface area contributed by atoms with Crippen LogP contribution >= 0.6 is 7.77 Å². The van der Waals surface area contributed by atoms with Crippen molar-refractivity contribution in [2.45, 2.75) is 39.9 Å². The van der Waals surface area contributed by atoms with Gasteiger partial charge in [0.1, 0.15) is 17.7 Å². The molecule has 1 unspecified atom stereocenters. The summed E-state index contributed by atoms with van der Waals surface area (Å²) in [7, 11) is -0.721. The summed E-state index contributed by atoms with van der Waals surface area (Å²) in [6, 6.07) is 9.03. The number of carbonyl (C=O) groups is 1. The van der Waals surface area contributed by atoms with E-state index in [1.807, 2.05) is 26.0 Å². The first-order valence-corrected chi connectivity index (χ1v) is 10.7. The first-order chi connectivity index (χ1) is 13.7. The molecule has 5 nitrogen and oxygen atoms in total. The molecule has 0 spiro atoms. The molecule has 1 N–H and O–H groups in total. The average Bonchev–Trinajstić information content (AvgIpc) is 2.65. The van der Waals surface area contributed by atoms with Crippen molar-refractivity contribution in [3.05, 3.63) is 58.4 Å². The summed E-state index contributed by atoms with van der Waals surface area (Å²) in [6.07, 6.45) is -1.47. The van der Waals surface area contributed by atoms with Crippen LogP contribution in [0.1, 0.15) is 28.7 Å². The van der Waals surface area contributed by atoms with Gasteiger partial charge in [0.15, 0.2) is 0 Å². The van der Waals surface area contributed by atoms with Crippen LogP contribution in [-0.4, -0.2) is 36.4 Å². The highest BCUT2D eigenvalue weighted by Gasteiger charge is 2.14. The summed E-state index contributed by atoms with van der Waals surface area (Å²) in [5, 5.41) is 9.73. The maximum Gasteiger partial charge on any atom is 0.308 e. The van der Waals surface area contributed by atoms with E-state index in [4.69, 9.17) is 4.74 Å². The maximum atomic E-state index is 13.7. The van der Waals surface area contributed by atoms with Crippen molar-refractivity contribution in [1.29, 1.82) is 0 Å². The lowest BCUT2D eigenvalue weighted by Gasteiger charge is -2.15. The SMILES string of the molecule is COC(=O)C[C@H](O)C=[P+]([O-])COCc1c(C)cc(C)cc1-c1ccc(F)c(C)c1. The molecule has 7 heteroatoms. The van der Waals surface area contributed by atoms with Crippen LogP contribution in [0.4, 0.5) is 4.39 Å². The van der Waals surface area contributed by atoms with Gasteiger partial charge in [0.25, 0.3) is 0 Å². The van der Waals surface area contributed by atoms with Crippen molar-refractivity contribution in [3.63, 3.8) is 0 Å². The Morgan fingerprint density at radius 1 is 1.24 bits per heavy atom. The molecule has 0 aliphatic rings. The van der Waals surface area contributed by atoms with Crippen LogP contribution in [0.25, 0.3) is 11.1 Å². The molecule has 0 bridgehead atoms. The Hall–Kier alpha value is -2.11. The van der Waals surface area contributed by atoms with Gasteiger partial charge in [-0.15, -0.1) is 0 Å². The molecule has 156 valence electrons. The number of carbonyl (C=O) groups excluding carboxylic acids is 1. The number of rotatable bonds is 8. The molecule has 29 heavy (non-hydrogen) atoms. The Labute approximate surface area is 171 Å². The first kappa shape index (κ1) is 23.2. The van der Waals surface area contributed by atoms with Gasteiger partial charge < -0.3 is 19.5 Å². The normalized spacial score (nSPS) is 12.7. The van der Waals surface area contributed by atoms with Crippen LogP contribution in [0.2, 0.25) is 0 Å². The van der Waals surface area contributed by atoms with Crippen molar-refractivity contribution < 1.29 is 28.7 Å². The standard InChI is InChI=1S/C22H26FO5P/c1-14-7-15(2)20(19(8-14)17-5-6-21(23)16(3)9-17)11-28-13-29(26)12-18(24)10-22(25)27-4/h5-9,12,18,24H,10-11,13H2,1-4H3/t18-/m0/s1. The Kier molecular flexibility index (Phi) is 8.47. The maximum absolute atomic E-state index is 13.7. The number of esters is 1. The van der Waals surface area contributed by atoms with E-state index >= 15 is 0 Å². The third kappa shape index (κ3) is 6.72. The summed E-state index contributed by atoms with van der Waals surface area (Å²) in [5.41, 5.74) is 5.42. The lowest BCUT2D eigenvalue weighted by molar-refractivity contribution is -0.157. The highest BCUT2D eigenvalue weighted by Crippen LogP contribution is 2.30. The summed E-state index contributed by atoms with van der Waals surface area (Å²) in [6.45, 7) is 5.90. The van der Waals surface area contributed by atoms with E-state index in [0.29, 0.717) is 5.56 Å². The Morgan fingerprint density at radius 2 is 1.97 bits per heavy atom. The first-order valence-electron chi connectivity index (χ1n) is 9.19. The molecule has 2 aromatic carbocycles. The minimum Gasteiger partial charge on any atom is -0.629 e. The second-order valence-corrected chi connectivity index (χ2v) is 8.35. The Balaban J connectivity index is 2.14. The van der Waals surface area contributed by atoms with Crippen molar-refractivity contribution in [2.75, 3.05) is 13.5 Å². The quantitative estimate of drug-likeness (QED) is 0.523. The number of aryl methyl sites for hydroxylation is 3. The summed E-state index contributed by atoms with van der Waals surface area (Å²) in [5.74, 6) is 0.361. The number of methoxy groups -OCH3 is 1. The van der Waals surface area contributed by atoms with Crippen LogP contribution < -0.4 is 4.89 Å². The van der Waals surface area contributed by atoms with Crippen LogP contribution in [0.5, 0.6) is 0 Å². The number of hydrogen-bond donors (Lipinski definition) is 1. The van der Waals surface area contributed by atoms with Gasteiger partial charge >= 0.3 is 5.97 Å². The number of aliphatic hydroxyl groups excluding tert-OH is 1. The number of benzene rings is 2. The monoisotopic (exact) mass is 420 g/mol. The van der Waals surface area contributed by atoms with E-state index < -0.39 is 19.8 Å². The topological polar surface area (TPSA) is 78.8 Å². The van der Waals surface area contributed by atoms with Gasteiger partial charge in [-0.2, -0.15) is 0 Å². The largest absolute Gasteiger partial charge is 0.629 e. The van der Waals surface area contributed by atoms with E-state index in [0.717, 1.165) is 27.8 Å². The molecule has 0 saturated heterocycles. The van der Waals surface area contributed by atoms with Gasteiger partial charge in [-0.1, -0.05) is 23.8 Å². The molecular weight excluding hydrogens is 394 g/mol. The highest BCUT2D eigenvalue weighted by atomic mass is 31.1. The van der Waals surface area contributed by atoms with Crippen molar-refractivity contribution in [1.82, 2.24) is 0 Å². The van der Waals surface area contributed by atoms with E-state index in [-0.39, 0.29) is 25.2 Å². The smallest absolute Gasteiger partial charge is 0.308 e. The van der Waals surface area contributed by atoms with Crippen molar-refractivity contribution in [3.8, 4) is 11.1 Å². The highest BCUT2D eigenvalue weighted by molar-refractivity contribution is 7.49. The van der Waals surface area contributed by atoms with E-state index in [1.165, 1.54) is 19.0 Å². The van der Waals surface area contributed by atoms with Gasteiger partial charge in [-0.05, 0) is 60.7 Å². The van der Waals surface area contributed by atoms with Crippen molar-refractivity contribution in [2.24, 2.45) is 0 Å². The second kappa shape index (κ2) is 10.6. The fourth-order valence-corrected chi connectivity index (χ4v) is 3.88. The van der Waals surface area contributed by atoms with Crippen LogP contribution in [0, 0.1) is 26.6 Å². The molecule has 0 saturated carbocycles. The molecule has 0 radical (unpaired) electrons. The van der Waals surface area contributed by atoms with Gasteiger partial charge in [-0.3, -0.25) is 4.79 Å². The van der Waals surface area contributed by atoms with Crippen LogP contribution in [0.15, 0.2) is 30.3 Å². The molecule has 2 rings (SSSR count). The molecular formula is C22H26FO5P. The third-order valence-corrected chi connectivity index (χ3v) is 5.61. The van der Waals surface area contributed by atoms with Crippen LogP contribution in [0.3, 0.4) is 0 Å². The summed E-state index contributed by atoms with van der Waals surface area (Å²) >= 11 is 0. The molecule has 0 aliphatic heterocycles. The lowest BCUT2D eigenvalue weighted by atomic mass is 9.93. The zero-order valence-corrected chi connectivity index (χ0v) is 18.0. The third-order valence-electron chi connectivity index (χ3n) is 4.49. The average molecular weight is 420 g/mol. The number of ether oxygens (including phenoxy) is 2. The van der Waals surface area contributed by atoms with Gasteiger partial charge in [-0.25, -0.2) is 4.39 Å². The molecule has 0 heterocycles. The number of aliphatic hydroxyl groups is 1. The van der Waals surface area contributed by atoms with E-state index in [9.17, 15) is 19.2 Å². The lowest BCUT2D eigenvalue weighted by Crippen LogP contribution is -2.17. The van der Waals surface area contributed by atoms with Gasteiger partial charge in [0.2, 0.25) is 6.35 Å². The second-order valence-electron chi connectivity index (χ2n) is 6.96.